The van der Waals surface area contributed by atoms with E-state index in [0.29, 0.717) is 23.2 Å². The molecule has 3 aromatic rings. The third kappa shape index (κ3) is 2.99. The molecule has 1 aromatic carbocycles. The van der Waals surface area contributed by atoms with Crippen LogP contribution in [-0.2, 0) is 13.0 Å². The number of anilines is 1. The van der Waals surface area contributed by atoms with E-state index in [0.717, 1.165) is 16.6 Å². The van der Waals surface area contributed by atoms with Gasteiger partial charge in [-0.3, -0.25) is 0 Å². The van der Waals surface area contributed by atoms with Crippen LogP contribution in [0.5, 0.6) is 0 Å². The summed E-state index contributed by atoms with van der Waals surface area (Å²) in [6.45, 7) is 2.41. The fourth-order valence-electron chi connectivity index (χ4n) is 2.01. The lowest BCUT2D eigenvalue weighted by Crippen LogP contribution is -2.05. The van der Waals surface area contributed by atoms with Crippen molar-refractivity contribution in [1.82, 2.24) is 9.97 Å². The number of aryl methyl sites for hydroxylation is 1. The minimum atomic E-state index is -0.249. The molecule has 0 aliphatic heterocycles. The van der Waals surface area contributed by atoms with Crippen molar-refractivity contribution < 1.29 is 4.39 Å². The van der Waals surface area contributed by atoms with Crippen LogP contribution >= 0.6 is 22.9 Å². The molecule has 0 aliphatic rings. The Kier molecular flexibility index (Phi) is 4.03. The van der Waals surface area contributed by atoms with Crippen LogP contribution in [0.4, 0.5) is 10.3 Å². The number of benzene rings is 1. The average Bonchev–Trinajstić information content (AvgIpc) is 2.90. The Bertz CT molecular complexity index is 788. The van der Waals surface area contributed by atoms with E-state index in [-0.39, 0.29) is 5.82 Å². The molecule has 6 heteroatoms. The van der Waals surface area contributed by atoms with Crippen molar-refractivity contribution in [3.63, 3.8) is 0 Å². The molecule has 3 rings (SSSR count). The van der Waals surface area contributed by atoms with Crippen molar-refractivity contribution in [2.24, 2.45) is 0 Å². The van der Waals surface area contributed by atoms with Crippen LogP contribution in [0.2, 0.25) is 5.15 Å². The zero-order valence-corrected chi connectivity index (χ0v) is 12.9. The summed E-state index contributed by atoms with van der Waals surface area (Å²) in [5.41, 5.74) is 0.567. The summed E-state index contributed by atoms with van der Waals surface area (Å²) < 4.78 is 13.6. The van der Waals surface area contributed by atoms with E-state index in [2.05, 4.69) is 22.2 Å². The van der Waals surface area contributed by atoms with Gasteiger partial charge >= 0.3 is 0 Å². The lowest BCUT2D eigenvalue weighted by atomic mass is 10.2. The lowest BCUT2D eigenvalue weighted by Gasteiger charge is -2.06. The van der Waals surface area contributed by atoms with Crippen LogP contribution in [-0.4, -0.2) is 9.97 Å². The number of hydrogen-bond donors (Lipinski definition) is 1. The Morgan fingerprint density at radius 2 is 2.10 bits per heavy atom. The lowest BCUT2D eigenvalue weighted by molar-refractivity contribution is 0.612. The molecular formula is C15H13ClFN3S. The van der Waals surface area contributed by atoms with Gasteiger partial charge in [-0.15, -0.1) is 11.3 Å². The summed E-state index contributed by atoms with van der Waals surface area (Å²) in [4.78, 5) is 10.7. The molecule has 0 unspecified atom stereocenters. The van der Waals surface area contributed by atoms with Crippen LogP contribution in [0.1, 0.15) is 17.4 Å². The molecule has 0 aliphatic carbocycles. The first kappa shape index (κ1) is 14.2. The highest BCUT2D eigenvalue weighted by Crippen LogP contribution is 2.30. The first-order valence-corrected chi connectivity index (χ1v) is 7.80. The molecule has 0 fully saturated rings. The first-order chi connectivity index (χ1) is 10.2. The summed E-state index contributed by atoms with van der Waals surface area (Å²) >= 11 is 7.79. The number of fused-ring (bicyclic) bond motifs is 1. The minimum Gasteiger partial charge on any atom is -0.350 e. The summed E-state index contributed by atoms with van der Waals surface area (Å²) in [7, 11) is 0. The normalized spacial score (nSPS) is 11.0. The van der Waals surface area contributed by atoms with Gasteiger partial charge in [0.25, 0.3) is 0 Å². The van der Waals surface area contributed by atoms with E-state index in [1.807, 2.05) is 6.07 Å². The van der Waals surface area contributed by atoms with Crippen molar-refractivity contribution >= 4 is 39.1 Å². The topological polar surface area (TPSA) is 37.8 Å². The van der Waals surface area contributed by atoms with E-state index in [1.165, 1.54) is 10.9 Å². The zero-order valence-electron chi connectivity index (χ0n) is 11.4. The molecule has 0 spiro atoms. The molecule has 0 saturated carbocycles. The largest absolute Gasteiger partial charge is 0.350 e. The number of hydrogen-bond acceptors (Lipinski definition) is 4. The molecule has 0 radical (unpaired) electrons. The van der Waals surface area contributed by atoms with E-state index < -0.39 is 0 Å². The molecule has 108 valence electrons. The van der Waals surface area contributed by atoms with Crippen molar-refractivity contribution in [2.75, 3.05) is 5.32 Å². The SMILES string of the molecule is CCc1cc2c(Cl)nc(NCc3ccccc3F)nc2s1. The number of nitrogens with one attached hydrogen (secondary N) is 1. The van der Waals surface area contributed by atoms with Crippen molar-refractivity contribution in [3.05, 3.63) is 51.7 Å². The van der Waals surface area contributed by atoms with Crippen LogP contribution in [0, 0.1) is 5.82 Å². The highest BCUT2D eigenvalue weighted by molar-refractivity contribution is 7.18. The predicted molar refractivity (Wildman–Crippen MR) is 85.5 cm³/mol. The Balaban J connectivity index is 1.86. The van der Waals surface area contributed by atoms with Gasteiger partial charge in [0, 0.05) is 22.4 Å². The van der Waals surface area contributed by atoms with Gasteiger partial charge in [0.2, 0.25) is 5.95 Å². The summed E-state index contributed by atoms with van der Waals surface area (Å²) in [6, 6.07) is 8.63. The number of nitrogens with zero attached hydrogens (tertiary/aromatic N) is 2. The molecule has 0 atom stereocenters. The Labute approximate surface area is 130 Å². The van der Waals surface area contributed by atoms with E-state index in [9.17, 15) is 4.39 Å². The van der Waals surface area contributed by atoms with Gasteiger partial charge in [-0.1, -0.05) is 36.7 Å². The van der Waals surface area contributed by atoms with Crippen LogP contribution in [0.25, 0.3) is 10.2 Å². The monoisotopic (exact) mass is 321 g/mol. The third-order valence-corrected chi connectivity index (χ3v) is 4.60. The quantitative estimate of drug-likeness (QED) is 0.710. The number of thiophene rings is 1. The second-order valence-corrected chi connectivity index (χ2v) is 6.04. The summed E-state index contributed by atoms with van der Waals surface area (Å²) in [6.07, 6.45) is 0.940. The molecule has 2 heterocycles. The summed E-state index contributed by atoms with van der Waals surface area (Å²) in [5, 5.41) is 4.32. The van der Waals surface area contributed by atoms with Crippen molar-refractivity contribution in [2.45, 2.75) is 19.9 Å². The standard InChI is InChI=1S/C15H13ClFN3S/c1-2-10-7-11-13(16)19-15(20-14(11)21-10)18-8-9-5-3-4-6-12(9)17/h3-7H,2,8H2,1H3,(H,18,19,20). The minimum absolute atomic E-state index is 0.249. The van der Waals surface area contributed by atoms with Crippen molar-refractivity contribution in [1.29, 1.82) is 0 Å². The molecule has 3 nitrogen and oxygen atoms in total. The highest BCUT2D eigenvalue weighted by atomic mass is 35.5. The number of rotatable bonds is 4. The van der Waals surface area contributed by atoms with Gasteiger partial charge in [-0.25, -0.2) is 14.4 Å². The van der Waals surface area contributed by atoms with Gasteiger partial charge in [0.1, 0.15) is 15.8 Å². The Morgan fingerprint density at radius 3 is 2.86 bits per heavy atom. The molecule has 0 saturated heterocycles. The maximum absolute atomic E-state index is 13.6. The smallest absolute Gasteiger partial charge is 0.225 e. The number of aromatic nitrogens is 2. The van der Waals surface area contributed by atoms with Gasteiger partial charge in [-0.2, -0.15) is 0 Å². The number of halogens is 2. The first-order valence-electron chi connectivity index (χ1n) is 6.60. The van der Waals surface area contributed by atoms with Crippen LogP contribution < -0.4 is 5.32 Å². The maximum Gasteiger partial charge on any atom is 0.225 e. The fourth-order valence-corrected chi connectivity index (χ4v) is 3.25. The predicted octanol–water partition coefficient (Wildman–Crippen LogP) is 4.66. The van der Waals surface area contributed by atoms with Gasteiger partial charge in [0.05, 0.1) is 0 Å². The Morgan fingerprint density at radius 1 is 1.29 bits per heavy atom. The highest BCUT2D eigenvalue weighted by Gasteiger charge is 2.10. The Hall–Kier alpha value is -1.72. The molecule has 2 aromatic heterocycles. The van der Waals surface area contributed by atoms with Crippen LogP contribution in [0.3, 0.4) is 0 Å². The molecule has 21 heavy (non-hydrogen) atoms. The molecule has 0 amide bonds. The average molecular weight is 322 g/mol. The zero-order chi connectivity index (χ0) is 14.8. The van der Waals surface area contributed by atoms with Gasteiger partial charge < -0.3 is 5.32 Å². The second kappa shape index (κ2) is 5.95. The molecule has 1 N–H and O–H groups in total. The second-order valence-electron chi connectivity index (χ2n) is 4.57. The van der Waals surface area contributed by atoms with E-state index in [1.54, 1.807) is 29.5 Å². The molecule has 0 bridgehead atoms. The summed E-state index contributed by atoms with van der Waals surface area (Å²) in [5.74, 6) is 0.168. The van der Waals surface area contributed by atoms with Crippen LogP contribution in [0.15, 0.2) is 30.3 Å². The van der Waals surface area contributed by atoms with Crippen molar-refractivity contribution in [3.8, 4) is 0 Å². The van der Waals surface area contributed by atoms with Gasteiger partial charge in [-0.05, 0) is 18.6 Å². The fraction of sp³-hybridized carbons (Fsp3) is 0.200. The maximum atomic E-state index is 13.6. The third-order valence-electron chi connectivity index (χ3n) is 3.14. The van der Waals surface area contributed by atoms with E-state index in [4.69, 9.17) is 11.6 Å². The molecular weight excluding hydrogens is 309 g/mol. The van der Waals surface area contributed by atoms with Gasteiger partial charge in [0.15, 0.2) is 0 Å². The van der Waals surface area contributed by atoms with E-state index >= 15 is 0 Å².